The van der Waals surface area contributed by atoms with Crippen LogP contribution in [0.5, 0.6) is 0 Å². The van der Waals surface area contributed by atoms with Crippen LogP contribution in [0.3, 0.4) is 0 Å². The molecule has 7 heteroatoms. The molecule has 1 fully saturated rings. The molecule has 1 aliphatic carbocycles. The third-order valence-corrected chi connectivity index (χ3v) is 4.74. The first-order valence-corrected chi connectivity index (χ1v) is 7.32. The standard InChI is InChI=1S/C12H16N4O2S/c1-6(2)9-13-14-12-16(9)15-10(19-12)7-3-4-8(5-7)11(17)18/h6-8H,3-5H2,1-2H3,(H,17,18). The molecule has 2 heterocycles. The number of carbonyl (C=O) groups is 1. The highest BCUT2D eigenvalue weighted by Gasteiger charge is 2.33. The minimum atomic E-state index is -0.687. The molecule has 0 amide bonds. The summed E-state index contributed by atoms with van der Waals surface area (Å²) in [5.74, 6) is 0.496. The zero-order valence-corrected chi connectivity index (χ0v) is 11.7. The van der Waals surface area contributed by atoms with Crippen molar-refractivity contribution >= 4 is 22.3 Å². The number of hydrogen-bond acceptors (Lipinski definition) is 5. The summed E-state index contributed by atoms with van der Waals surface area (Å²) in [5, 5.41) is 22.9. The highest BCUT2D eigenvalue weighted by molar-refractivity contribution is 7.16. The number of aliphatic carboxylic acids is 1. The molecule has 0 bridgehead atoms. The van der Waals surface area contributed by atoms with Gasteiger partial charge in [0.25, 0.3) is 0 Å². The van der Waals surface area contributed by atoms with Gasteiger partial charge in [-0.25, -0.2) is 0 Å². The van der Waals surface area contributed by atoms with Crippen molar-refractivity contribution < 1.29 is 9.90 Å². The fourth-order valence-electron chi connectivity index (χ4n) is 2.60. The van der Waals surface area contributed by atoms with Gasteiger partial charge < -0.3 is 5.11 Å². The van der Waals surface area contributed by atoms with Crippen LogP contribution in [-0.4, -0.2) is 30.9 Å². The van der Waals surface area contributed by atoms with Crippen molar-refractivity contribution in [3.05, 3.63) is 10.8 Å². The average molecular weight is 280 g/mol. The van der Waals surface area contributed by atoms with Gasteiger partial charge in [0.15, 0.2) is 5.82 Å². The minimum Gasteiger partial charge on any atom is -0.481 e. The van der Waals surface area contributed by atoms with Gasteiger partial charge in [-0.15, -0.1) is 10.2 Å². The number of carboxylic acids is 1. The fraction of sp³-hybridized carbons (Fsp3) is 0.667. The summed E-state index contributed by atoms with van der Waals surface area (Å²) in [6, 6.07) is 0. The Hall–Kier alpha value is -1.50. The second kappa shape index (κ2) is 4.56. The Kier molecular flexibility index (Phi) is 3.00. The van der Waals surface area contributed by atoms with Gasteiger partial charge in [0.1, 0.15) is 5.01 Å². The first-order valence-electron chi connectivity index (χ1n) is 6.51. The van der Waals surface area contributed by atoms with E-state index in [4.69, 9.17) is 5.11 Å². The maximum atomic E-state index is 11.0. The predicted octanol–water partition coefficient (Wildman–Crippen LogP) is 2.28. The van der Waals surface area contributed by atoms with E-state index in [0.717, 1.165) is 28.6 Å². The average Bonchev–Trinajstić information content (AvgIpc) is 3.02. The molecule has 102 valence electrons. The minimum absolute atomic E-state index is 0.219. The molecule has 2 unspecified atom stereocenters. The van der Waals surface area contributed by atoms with Crippen LogP contribution in [0, 0.1) is 5.92 Å². The van der Waals surface area contributed by atoms with Crippen molar-refractivity contribution in [1.29, 1.82) is 0 Å². The predicted molar refractivity (Wildman–Crippen MR) is 70.5 cm³/mol. The number of nitrogens with zero attached hydrogens (tertiary/aromatic N) is 4. The Balaban J connectivity index is 1.88. The van der Waals surface area contributed by atoms with Crippen LogP contribution in [0.25, 0.3) is 4.96 Å². The first-order chi connectivity index (χ1) is 9.06. The smallest absolute Gasteiger partial charge is 0.306 e. The Morgan fingerprint density at radius 1 is 1.42 bits per heavy atom. The zero-order chi connectivity index (χ0) is 13.6. The van der Waals surface area contributed by atoms with Gasteiger partial charge in [-0.3, -0.25) is 4.79 Å². The summed E-state index contributed by atoms with van der Waals surface area (Å²) in [6.07, 6.45) is 2.34. The summed E-state index contributed by atoms with van der Waals surface area (Å²) in [7, 11) is 0. The van der Waals surface area contributed by atoms with Gasteiger partial charge in [-0.05, 0) is 19.3 Å². The molecule has 1 saturated carbocycles. The van der Waals surface area contributed by atoms with Crippen LogP contribution in [-0.2, 0) is 4.79 Å². The third-order valence-electron chi connectivity index (χ3n) is 3.68. The van der Waals surface area contributed by atoms with Crippen molar-refractivity contribution in [3.63, 3.8) is 0 Å². The second-order valence-electron chi connectivity index (χ2n) is 5.39. The van der Waals surface area contributed by atoms with Crippen molar-refractivity contribution in [1.82, 2.24) is 19.8 Å². The maximum absolute atomic E-state index is 11.0. The fourth-order valence-corrected chi connectivity index (χ4v) is 3.59. The molecule has 6 nitrogen and oxygen atoms in total. The molecule has 0 aliphatic heterocycles. The van der Waals surface area contributed by atoms with Crippen LogP contribution in [0.2, 0.25) is 0 Å². The summed E-state index contributed by atoms with van der Waals surface area (Å²) in [4.78, 5) is 11.8. The lowest BCUT2D eigenvalue weighted by Crippen LogP contribution is -2.09. The molecule has 1 aliphatic rings. The third kappa shape index (κ3) is 2.11. The van der Waals surface area contributed by atoms with E-state index in [9.17, 15) is 4.79 Å². The van der Waals surface area contributed by atoms with Crippen LogP contribution in [0.1, 0.15) is 55.8 Å². The van der Waals surface area contributed by atoms with Crippen molar-refractivity contribution in [2.75, 3.05) is 0 Å². The van der Waals surface area contributed by atoms with E-state index in [1.165, 1.54) is 11.3 Å². The summed E-state index contributed by atoms with van der Waals surface area (Å²) >= 11 is 1.53. The van der Waals surface area contributed by atoms with Crippen molar-refractivity contribution in [2.24, 2.45) is 5.92 Å². The largest absolute Gasteiger partial charge is 0.481 e. The van der Waals surface area contributed by atoms with Gasteiger partial charge in [0.05, 0.1) is 5.92 Å². The monoisotopic (exact) mass is 280 g/mol. The highest BCUT2D eigenvalue weighted by atomic mass is 32.1. The lowest BCUT2D eigenvalue weighted by Gasteiger charge is -2.04. The topological polar surface area (TPSA) is 80.4 Å². The Bertz CT molecular complexity index is 618. The number of rotatable bonds is 3. The summed E-state index contributed by atoms with van der Waals surface area (Å²) in [6.45, 7) is 4.12. The second-order valence-corrected chi connectivity index (χ2v) is 6.38. The van der Waals surface area contributed by atoms with E-state index in [1.54, 1.807) is 4.52 Å². The molecule has 0 spiro atoms. The van der Waals surface area contributed by atoms with Crippen LogP contribution >= 0.6 is 11.3 Å². The van der Waals surface area contributed by atoms with E-state index < -0.39 is 5.97 Å². The van der Waals surface area contributed by atoms with Crippen molar-refractivity contribution in [3.8, 4) is 0 Å². The van der Waals surface area contributed by atoms with Gasteiger partial charge in [-0.2, -0.15) is 9.61 Å². The molecule has 19 heavy (non-hydrogen) atoms. The molecular weight excluding hydrogens is 264 g/mol. The van der Waals surface area contributed by atoms with Crippen molar-refractivity contribution in [2.45, 2.75) is 44.9 Å². The first kappa shape index (κ1) is 12.5. The number of carboxylic acid groups (broad SMARTS) is 1. The number of hydrogen-bond donors (Lipinski definition) is 1. The zero-order valence-electron chi connectivity index (χ0n) is 10.9. The highest BCUT2D eigenvalue weighted by Crippen LogP contribution is 2.40. The lowest BCUT2D eigenvalue weighted by atomic mass is 10.1. The number of fused-ring (bicyclic) bond motifs is 1. The summed E-state index contributed by atoms with van der Waals surface area (Å²) in [5.41, 5.74) is 0. The van der Waals surface area contributed by atoms with Gasteiger partial charge in [-0.1, -0.05) is 25.2 Å². The molecule has 2 aromatic rings. The van der Waals surface area contributed by atoms with E-state index in [0.29, 0.717) is 6.42 Å². The summed E-state index contributed by atoms with van der Waals surface area (Å²) < 4.78 is 1.80. The molecule has 1 N–H and O–H groups in total. The molecule has 0 saturated heterocycles. The van der Waals surface area contributed by atoms with Gasteiger partial charge in [0, 0.05) is 11.8 Å². The Labute approximate surface area is 114 Å². The van der Waals surface area contributed by atoms with Crippen LogP contribution in [0.4, 0.5) is 0 Å². The molecule has 2 atom stereocenters. The van der Waals surface area contributed by atoms with E-state index in [2.05, 4.69) is 29.1 Å². The lowest BCUT2D eigenvalue weighted by molar-refractivity contribution is -0.141. The Morgan fingerprint density at radius 3 is 2.84 bits per heavy atom. The van der Waals surface area contributed by atoms with Gasteiger partial charge >= 0.3 is 5.97 Å². The van der Waals surface area contributed by atoms with E-state index >= 15 is 0 Å². The number of aromatic nitrogens is 4. The molecule has 0 radical (unpaired) electrons. The SMILES string of the molecule is CC(C)c1nnc2sc(C3CCC(C(=O)O)C3)nn12. The van der Waals surface area contributed by atoms with Crippen LogP contribution < -0.4 is 0 Å². The molecule has 0 aromatic carbocycles. The molecule has 3 rings (SSSR count). The van der Waals surface area contributed by atoms with Gasteiger partial charge in [0.2, 0.25) is 4.96 Å². The molecular formula is C12H16N4O2S. The van der Waals surface area contributed by atoms with E-state index in [1.807, 2.05) is 0 Å². The quantitative estimate of drug-likeness (QED) is 0.933. The Morgan fingerprint density at radius 2 is 2.21 bits per heavy atom. The molecule has 2 aromatic heterocycles. The maximum Gasteiger partial charge on any atom is 0.306 e. The van der Waals surface area contributed by atoms with E-state index in [-0.39, 0.29) is 17.8 Å². The normalized spacial score (nSPS) is 23.5. The van der Waals surface area contributed by atoms with Crippen LogP contribution in [0.15, 0.2) is 0 Å².